The van der Waals surface area contributed by atoms with Crippen LogP contribution in [0.15, 0.2) is 64.6 Å². The number of sulfone groups is 1. The molecule has 1 aliphatic rings. The maximum Gasteiger partial charge on any atom is 0.227 e. The molecule has 1 atom stereocenters. The minimum absolute atomic E-state index is 0.159. The third-order valence-corrected chi connectivity index (χ3v) is 6.93. The Morgan fingerprint density at radius 1 is 1.03 bits per heavy atom. The molecule has 0 saturated heterocycles. The molecule has 0 amide bonds. The predicted octanol–water partition coefficient (Wildman–Crippen LogP) is 4.19. The standard InChI is InChI=1S/C25H29N5O3S/c1-4-30(5-2)14-15-33-20-10-8-19(9-11-20)28-25-27-17-23-24(29-25)22(16-26-23)18-6-12-21(13-7-18)34(3,31)32/h6-13,16-17,22H,4-5,14-15H2,1-3H3,(H,27,28,29). The van der Waals surface area contributed by atoms with Gasteiger partial charge < -0.3 is 15.0 Å². The summed E-state index contributed by atoms with van der Waals surface area (Å²) in [4.78, 5) is 16.1. The second-order valence-corrected chi connectivity index (χ2v) is 10.1. The van der Waals surface area contributed by atoms with Gasteiger partial charge in [0.05, 0.1) is 22.7 Å². The Morgan fingerprint density at radius 2 is 1.74 bits per heavy atom. The number of nitrogens with zero attached hydrogens (tertiary/aromatic N) is 4. The maximum atomic E-state index is 11.7. The van der Waals surface area contributed by atoms with Gasteiger partial charge in [0, 0.05) is 24.7 Å². The molecular formula is C25H29N5O3S. The van der Waals surface area contributed by atoms with Crippen LogP contribution >= 0.6 is 0 Å². The molecule has 0 bridgehead atoms. The molecule has 0 spiro atoms. The van der Waals surface area contributed by atoms with E-state index in [1.54, 1.807) is 30.5 Å². The van der Waals surface area contributed by atoms with Crippen molar-refractivity contribution in [1.29, 1.82) is 0 Å². The zero-order valence-electron chi connectivity index (χ0n) is 19.6. The third kappa shape index (κ3) is 5.60. The lowest BCUT2D eigenvalue weighted by atomic mass is 9.98. The van der Waals surface area contributed by atoms with Crippen LogP contribution in [-0.2, 0) is 9.84 Å². The first-order valence-electron chi connectivity index (χ1n) is 11.3. The van der Waals surface area contributed by atoms with Crippen molar-refractivity contribution in [2.24, 2.45) is 4.99 Å². The largest absolute Gasteiger partial charge is 0.492 e. The van der Waals surface area contributed by atoms with Gasteiger partial charge in [-0.25, -0.2) is 18.4 Å². The molecule has 0 fully saturated rings. The number of aliphatic imine (C=N–C) groups is 1. The van der Waals surface area contributed by atoms with Crippen molar-refractivity contribution < 1.29 is 13.2 Å². The normalized spacial score (nSPS) is 14.9. The molecule has 9 heteroatoms. The van der Waals surface area contributed by atoms with Crippen LogP contribution < -0.4 is 10.1 Å². The number of likely N-dealkylation sites (N-methyl/N-ethyl adjacent to an activating group) is 1. The van der Waals surface area contributed by atoms with E-state index in [4.69, 9.17) is 4.74 Å². The summed E-state index contributed by atoms with van der Waals surface area (Å²) >= 11 is 0. The van der Waals surface area contributed by atoms with Crippen molar-refractivity contribution in [1.82, 2.24) is 14.9 Å². The quantitative estimate of drug-likeness (QED) is 0.466. The van der Waals surface area contributed by atoms with Crippen molar-refractivity contribution in [3.63, 3.8) is 0 Å². The Hall–Kier alpha value is -3.30. The van der Waals surface area contributed by atoms with E-state index < -0.39 is 9.84 Å². The highest BCUT2D eigenvalue weighted by Gasteiger charge is 2.24. The van der Waals surface area contributed by atoms with Gasteiger partial charge in [0.2, 0.25) is 5.95 Å². The molecule has 1 N–H and O–H groups in total. The minimum Gasteiger partial charge on any atom is -0.492 e. The zero-order chi connectivity index (χ0) is 24.1. The number of benzene rings is 2. The molecule has 4 rings (SSSR count). The van der Waals surface area contributed by atoms with Crippen LogP contribution in [-0.4, -0.2) is 62.0 Å². The Balaban J connectivity index is 1.42. The van der Waals surface area contributed by atoms with Crippen LogP contribution in [0.25, 0.3) is 0 Å². The van der Waals surface area contributed by atoms with Gasteiger partial charge in [0.1, 0.15) is 18.0 Å². The fraction of sp³-hybridized carbons (Fsp3) is 0.320. The fourth-order valence-electron chi connectivity index (χ4n) is 3.76. The van der Waals surface area contributed by atoms with Crippen molar-refractivity contribution in [2.75, 3.05) is 37.8 Å². The highest BCUT2D eigenvalue weighted by Crippen LogP contribution is 2.35. The number of fused-ring (bicyclic) bond motifs is 1. The van der Waals surface area contributed by atoms with Gasteiger partial charge in [-0.2, -0.15) is 0 Å². The molecule has 8 nitrogen and oxygen atoms in total. The Kier molecular flexibility index (Phi) is 7.23. The summed E-state index contributed by atoms with van der Waals surface area (Å²) in [5, 5.41) is 3.23. The molecule has 3 aromatic rings. The number of anilines is 2. The fourth-order valence-corrected chi connectivity index (χ4v) is 4.40. The Bertz CT molecular complexity index is 1250. The molecule has 1 unspecified atom stereocenters. The van der Waals surface area contributed by atoms with Crippen molar-refractivity contribution in [2.45, 2.75) is 24.7 Å². The van der Waals surface area contributed by atoms with Crippen LogP contribution in [0.2, 0.25) is 0 Å². The van der Waals surface area contributed by atoms with Gasteiger partial charge in [-0.3, -0.25) is 4.99 Å². The van der Waals surface area contributed by atoms with Gasteiger partial charge in [0.25, 0.3) is 0 Å². The van der Waals surface area contributed by atoms with Gasteiger partial charge in [-0.05, 0) is 55.1 Å². The first-order valence-corrected chi connectivity index (χ1v) is 13.2. The van der Waals surface area contributed by atoms with Crippen LogP contribution in [0.4, 0.5) is 17.3 Å². The first-order chi connectivity index (χ1) is 16.4. The third-order valence-electron chi connectivity index (χ3n) is 5.80. The highest BCUT2D eigenvalue weighted by molar-refractivity contribution is 7.90. The SMILES string of the molecule is CCN(CC)CCOc1ccc(Nc2ncc3c(n2)C(c2ccc(S(C)(=O)=O)cc2)C=N3)cc1. The van der Waals surface area contributed by atoms with Crippen LogP contribution in [0.1, 0.15) is 31.0 Å². The van der Waals surface area contributed by atoms with E-state index in [-0.39, 0.29) is 10.8 Å². The van der Waals surface area contributed by atoms with E-state index in [0.717, 1.165) is 42.3 Å². The van der Waals surface area contributed by atoms with Crippen LogP contribution in [0.5, 0.6) is 5.75 Å². The number of aromatic nitrogens is 2. The summed E-state index contributed by atoms with van der Waals surface area (Å²) in [6.07, 6.45) is 4.70. The van der Waals surface area contributed by atoms with Crippen molar-refractivity contribution in [3.05, 3.63) is 66.0 Å². The lowest BCUT2D eigenvalue weighted by Crippen LogP contribution is -2.27. The van der Waals surface area contributed by atoms with Gasteiger partial charge >= 0.3 is 0 Å². The zero-order valence-corrected chi connectivity index (χ0v) is 20.4. The number of hydrogen-bond acceptors (Lipinski definition) is 8. The summed E-state index contributed by atoms with van der Waals surface area (Å²) in [5.41, 5.74) is 3.26. The smallest absolute Gasteiger partial charge is 0.227 e. The average molecular weight is 480 g/mol. The lowest BCUT2D eigenvalue weighted by molar-refractivity contribution is 0.223. The van der Waals surface area contributed by atoms with Crippen molar-refractivity contribution in [3.8, 4) is 5.75 Å². The summed E-state index contributed by atoms with van der Waals surface area (Å²) in [6.45, 7) is 7.87. The molecule has 1 aliphatic heterocycles. The Labute approximate surface area is 200 Å². The van der Waals surface area contributed by atoms with Gasteiger partial charge in [-0.1, -0.05) is 26.0 Å². The molecule has 1 aromatic heterocycles. The van der Waals surface area contributed by atoms with Crippen LogP contribution in [0.3, 0.4) is 0 Å². The van der Waals surface area contributed by atoms with Gasteiger partial charge in [-0.15, -0.1) is 0 Å². The Morgan fingerprint density at radius 3 is 2.38 bits per heavy atom. The predicted molar refractivity (Wildman–Crippen MR) is 135 cm³/mol. The molecule has 0 aliphatic carbocycles. The molecule has 2 heterocycles. The second kappa shape index (κ2) is 10.3. The topological polar surface area (TPSA) is 96.8 Å². The van der Waals surface area contributed by atoms with Gasteiger partial charge in [0.15, 0.2) is 9.84 Å². The molecule has 2 aromatic carbocycles. The number of hydrogen-bond donors (Lipinski definition) is 1. The summed E-state index contributed by atoms with van der Waals surface area (Å²) < 4.78 is 29.3. The summed E-state index contributed by atoms with van der Waals surface area (Å²) in [6, 6.07) is 14.5. The molecule has 178 valence electrons. The highest BCUT2D eigenvalue weighted by atomic mass is 32.2. The first kappa shape index (κ1) is 23.8. The molecular weight excluding hydrogens is 450 g/mol. The van der Waals surface area contributed by atoms with Crippen molar-refractivity contribution >= 4 is 33.4 Å². The van der Waals surface area contributed by atoms with E-state index in [1.165, 1.54) is 6.26 Å². The van der Waals surface area contributed by atoms with E-state index in [1.807, 2.05) is 30.5 Å². The summed E-state index contributed by atoms with van der Waals surface area (Å²) in [5.74, 6) is 1.13. The van der Waals surface area contributed by atoms with E-state index in [2.05, 4.69) is 39.0 Å². The number of rotatable bonds is 10. The van der Waals surface area contributed by atoms with E-state index in [9.17, 15) is 8.42 Å². The minimum atomic E-state index is -3.24. The average Bonchev–Trinajstić information content (AvgIpc) is 3.26. The second-order valence-electron chi connectivity index (χ2n) is 8.09. The molecule has 34 heavy (non-hydrogen) atoms. The van der Waals surface area contributed by atoms with E-state index >= 15 is 0 Å². The monoisotopic (exact) mass is 479 g/mol. The number of ether oxygens (including phenoxy) is 1. The lowest BCUT2D eigenvalue weighted by Gasteiger charge is -2.18. The number of nitrogens with one attached hydrogen (secondary N) is 1. The maximum absolute atomic E-state index is 11.7. The molecule has 0 radical (unpaired) electrons. The van der Waals surface area contributed by atoms with E-state index in [0.29, 0.717) is 18.2 Å². The van der Waals surface area contributed by atoms with Crippen LogP contribution in [0, 0.1) is 0 Å². The molecule has 0 saturated carbocycles. The summed E-state index contributed by atoms with van der Waals surface area (Å²) in [7, 11) is -3.24.